The number of carboxylic acids is 1. The number of aromatic nitrogens is 5. The highest BCUT2D eigenvalue weighted by molar-refractivity contribution is 5.92. The Bertz CT molecular complexity index is 1170. The Morgan fingerprint density at radius 2 is 1.41 bits per heavy atom. The standard InChI is InChI=1S/C11H18N4O.C9H12N2.C6H8N2O2/c1-9-8-10(12-14(9)3)11(16)15-6-4-13(2)5-7-15;1-11-5-3-8-6-10-4-2-9(8)7-11;1-4-3-5(6(9)10)7-8(4)2/h8H,4-7H2,1-3H3;2,4,6H,3,5,7H2,1H3;3H,1-2H3,(H,9,10). The fraction of sp³-hybridized carbons (Fsp3) is 0.500. The molecule has 11 heteroatoms. The molecule has 1 fully saturated rings. The van der Waals surface area contributed by atoms with Gasteiger partial charge in [-0.1, -0.05) is 0 Å². The van der Waals surface area contributed by atoms with E-state index in [9.17, 15) is 9.59 Å². The number of likely N-dealkylation sites (N-methyl/N-ethyl adjacent to an activating group) is 2. The van der Waals surface area contributed by atoms with Crippen LogP contribution in [0.3, 0.4) is 0 Å². The van der Waals surface area contributed by atoms with Gasteiger partial charge in [-0.2, -0.15) is 10.2 Å². The first-order chi connectivity index (χ1) is 17.5. The van der Waals surface area contributed by atoms with E-state index >= 15 is 0 Å². The van der Waals surface area contributed by atoms with Gasteiger partial charge < -0.3 is 19.8 Å². The molecule has 5 rings (SSSR count). The number of aromatic carboxylic acids is 1. The second kappa shape index (κ2) is 12.6. The Hall–Kier alpha value is -3.57. The Morgan fingerprint density at radius 3 is 1.92 bits per heavy atom. The molecule has 3 aromatic rings. The fourth-order valence-electron chi connectivity index (χ4n) is 4.02. The van der Waals surface area contributed by atoms with Gasteiger partial charge in [0.15, 0.2) is 11.4 Å². The molecule has 1 N–H and O–H groups in total. The third-order valence-corrected chi connectivity index (χ3v) is 6.66. The third-order valence-electron chi connectivity index (χ3n) is 6.66. The number of amides is 1. The van der Waals surface area contributed by atoms with Crippen LogP contribution in [-0.2, 0) is 27.1 Å². The normalized spacial score (nSPS) is 15.7. The molecule has 0 saturated carbocycles. The van der Waals surface area contributed by atoms with Gasteiger partial charge >= 0.3 is 5.97 Å². The van der Waals surface area contributed by atoms with Crippen LogP contribution in [0.5, 0.6) is 0 Å². The van der Waals surface area contributed by atoms with Crippen LogP contribution in [0, 0.1) is 13.8 Å². The van der Waals surface area contributed by atoms with Crippen LogP contribution in [-0.4, -0.2) is 103 Å². The number of aryl methyl sites for hydroxylation is 4. The monoisotopic (exact) mass is 510 g/mol. The minimum absolute atomic E-state index is 0.0526. The molecule has 1 saturated heterocycles. The van der Waals surface area contributed by atoms with Crippen molar-refractivity contribution in [1.82, 2.24) is 39.2 Å². The van der Waals surface area contributed by atoms with Crippen LogP contribution in [0.4, 0.5) is 0 Å². The van der Waals surface area contributed by atoms with Crippen molar-refractivity contribution in [2.75, 3.05) is 46.8 Å². The zero-order chi connectivity index (χ0) is 27.1. The van der Waals surface area contributed by atoms with E-state index in [4.69, 9.17) is 5.11 Å². The van der Waals surface area contributed by atoms with Gasteiger partial charge in [-0.25, -0.2) is 4.79 Å². The summed E-state index contributed by atoms with van der Waals surface area (Å²) in [7, 11) is 7.80. The molecule has 0 aromatic carbocycles. The zero-order valence-electron chi connectivity index (χ0n) is 22.7. The van der Waals surface area contributed by atoms with E-state index in [1.165, 1.54) is 28.4 Å². The summed E-state index contributed by atoms with van der Waals surface area (Å²) in [5, 5.41) is 16.4. The minimum Gasteiger partial charge on any atom is -0.476 e. The second-order valence-electron chi connectivity index (χ2n) is 9.62. The molecule has 0 atom stereocenters. The molecule has 0 aliphatic carbocycles. The fourth-order valence-corrected chi connectivity index (χ4v) is 4.02. The van der Waals surface area contributed by atoms with Gasteiger partial charge in [-0.05, 0) is 63.7 Å². The summed E-state index contributed by atoms with van der Waals surface area (Å²) in [6, 6.07) is 5.49. The average molecular weight is 511 g/mol. The Labute approximate surface area is 218 Å². The van der Waals surface area contributed by atoms with Crippen molar-refractivity contribution in [3.8, 4) is 0 Å². The molecule has 0 spiro atoms. The van der Waals surface area contributed by atoms with Crippen molar-refractivity contribution in [3.63, 3.8) is 0 Å². The summed E-state index contributed by atoms with van der Waals surface area (Å²) in [6.07, 6.45) is 5.01. The van der Waals surface area contributed by atoms with Gasteiger partial charge in [0.2, 0.25) is 0 Å². The molecule has 0 bridgehead atoms. The Kier molecular flexibility index (Phi) is 9.54. The first-order valence-electron chi connectivity index (χ1n) is 12.4. The molecule has 2 aliphatic heterocycles. The molecule has 37 heavy (non-hydrogen) atoms. The number of carboxylic acid groups (broad SMARTS) is 1. The maximum Gasteiger partial charge on any atom is 0.356 e. The predicted octanol–water partition coefficient (Wildman–Crippen LogP) is 1.61. The van der Waals surface area contributed by atoms with Crippen molar-refractivity contribution in [1.29, 1.82) is 0 Å². The number of hydrogen-bond acceptors (Lipinski definition) is 7. The highest BCUT2D eigenvalue weighted by atomic mass is 16.4. The van der Waals surface area contributed by atoms with Crippen LogP contribution in [0.25, 0.3) is 0 Å². The predicted molar refractivity (Wildman–Crippen MR) is 141 cm³/mol. The van der Waals surface area contributed by atoms with Gasteiger partial charge in [0, 0.05) is 77.1 Å². The lowest BCUT2D eigenvalue weighted by atomic mass is 10.0. The summed E-state index contributed by atoms with van der Waals surface area (Å²) in [6.45, 7) is 9.48. The number of carbonyl (C=O) groups excluding carboxylic acids is 1. The minimum atomic E-state index is -0.983. The van der Waals surface area contributed by atoms with E-state index in [2.05, 4.69) is 45.1 Å². The van der Waals surface area contributed by atoms with Crippen molar-refractivity contribution in [2.24, 2.45) is 14.1 Å². The topological polar surface area (TPSA) is 113 Å². The van der Waals surface area contributed by atoms with Crippen molar-refractivity contribution in [3.05, 3.63) is 64.5 Å². The second-order valence-corrected chi connectivity index (χ2v) is 9.62. The molecule has 5 heterocycles. The summed E-state index contributed by atoms with van der Waals surface area (Å²) in [5.41, 5.74) is 5.37. The van der Waals surface area contributed by atoms with E-state index in [0.29, 0.717) is 5.69 Å². The van der Waals surface area contributed by atoms with Crippen LogP contribution in [0.2, 0.25) is 0 Å². The molecule has 1 amide bonds. The van der Waals surface area contributed by atoms with E-state index < -0.39 is 5.97 Å². The van der Waals surface area contributed by atoms with Gasteiger partial charge in [-0.3, -0.25) is 19.1 Å². The molecular formula is C26H38N8O3. The van der Waals surface area contributed by atoms with Crippen LogP contribution >= 0.6 is 0 Å². The summed E-state index contributed by atoms with van der Waals surface area (Å²) in [5.74, 6) is -0.930. The van der Waals surface area contributed by atoms with E-state index in [0.717, 1.165) is 50.5 Å². The van der Waals surface area contributed by atoms with Gasteiger partial charge in [-0.15, -0.1) is 0 Å². The van der Waals surface area contributed by atoms with Crippen LogP contribution in [0.1, 0.15) is 43.5 Å². The largest absolute Gasteiger partial charge is 0.476 e. The Balaban J connectivity index is 0.000000160. The molecular weight excluding hydrogens is 472 g/mol. The molecule has 11 nitrogen and oxygen atoms in total. The van der Waals surface area contributed by atoms with E-state index in [1.807, 2.05) is 37.3 Å². The van der Waals surface area contributed by atoms with Gasteiger partial charge in [0.1, 0.15) is 0 Å². The summed E-state index contributed by atoms with van der Waals surface area (Å²) in [4.78, 5) is 32.9. The van der Waals surface area contributed by atoms with E-state index in [1.54, 1.807) is 18.7 Å². The maximum atomic E-state index is 12.1. The molecule has 2 aliphatic rings. The zero-order valence-corrected chi connectivity index (χ0v) is 22.7. The van der Waals surface area contributed by atoms with Crippen molar-refractivity contribution in [2.45, 2.75) is 26.8 Å². The summed E-state index contributed by atoms with van der Waals surface area (Å²) >= 11 is 0. The highest BCUT2D eigenvalue weighted by Gasteiger charge is 2.22. The number of nitrogens with zero attached hydrogens (tertiary/aromatic N) is 8. The quantitative estimate of drug-likeness (QED) is 0.553. The lowest BCUT2D eigenvalue weighted by Crippen LogP contribution is -2.47. The van der Waals surface area contributed by atoms with Gasteiger partial charge in [0.25, 0.3) is 5.91 Å². The van der Waals surface area contributed by atoms with Crippen molar-refractivity contribution < 1.29 is 14.7 Å². The first kappa shape index (κ1) is 28.0. The maximum absolute atomic E-state index is 12.1. The Morgan fingerprint density at radius 1 is 0.811 bits per heavy atom. The summed E-state index contributed by atoms with van der Waals surface area (Å²) < 4.78 is 3.27. The SMILES string of the molecule is CN1CCc2cnccc2C1.Cc1cc(C(=O)N2CCN(C)CC2)nn1C.Cc1cc(C(=O)O)nn1C. The average Bonchev–Trinajstić information content (AvgIpc) is 3.40. The molecule has 0 radical (unpaired) electrons. The number of piperazine rings is 1. The lowest BCUT2D eigenvalue weighted by molar-refractivity contribution is 0.0655. The number of rotatable bonds is 2. The van der Waals surface area contributed by atoms with Gasteiger partial charge in [0.05, 0.1) is 0 Å². The highest BCUT2D eigenvalue weighted by Crippen LogP contribution is 2.15. The smallest absolute Gasteiger partial charge is 0.356 e. The number of pyridine rings is 1. The van der Waals surface area contributed by atoms with Crippen LogP contribution in [0.15, 0.2) is 30.6 Å². The molecule has 0 unspecified atom stereocenters. The van der Waals surface area contributed by atoms with Crippen LogP contribution < -0.4 is 0 Å². The lowest BCUT2D eigenvalue weighted by Gasteiger charge is -2.31. The first-order valence-corrected chi connectivity index (χ1v) is 12.4. The number of fused-ring (bicyclic) bond motifs is 1. The molecule has 200 valence electrons. The third kappa shape index (κ3) is 7.70. The number of carbonyl (C=O) groups is 2. The van der Waals surface area contributed by atoms with E-state index in [-0.39, 0.29) is 11.6 Å². The number of hydrogen-bond donors (Lipinski definition) is 1. The molecule has 3 aromatic heterocycles. The van der Waals surface area contributed by atoms with Crippen molar-refractivity contribution >= 4 is 11.9 Å².